The van der Waals surface area contributed by atoms with E-state index in [1.165, 1.54) is 16.0 Å². The number of anilines is 1. The summed E-state index contributed by atoms with van der Waals surface area (Å²) in [5, 5.41) is 22.1. The first-order valence-electron chi connectivity index (χ1n) is 12.2. The molecule has 0 saturated carbocycles. The molecule has 1 aliphatic carbocycles. The fraction of sp³-hybridized carbons (Fsp3) is 0.357. The van der Waals surface area contributed by atoms with Crippen LogP contribution in [0.15, 0.2) is 59.4 Å². The molecule has 1 atom stereocenters. The summed E-state index contributed by atoms with van der Waals surface area (Å²) in [5.74, 6) is 0.319. The van der Waals surface area contributed by atoms with Crippen LogP contribution in [0, 0.1) is 11.3 Å². The monoisotopic (exact) mass is 453 g/mol. The summed E-state index contributed by atoms with van der Waals surface area (Å²) < 4.78 is 0. The SMILES string of the molecule is CC1=C(C(=O)N2CCC(Nc3cc(C4C=C(C#N)C=CC4)cc4c3=CNCC=4)CC2)NCC=C1. The maximum atomic E-state index is 13.0. The second-order valence-electron chi connectivity index (χ2n) is 9.36. The molecule has 0 bridgehead atoms. The van der Waals surface area contributed by atoms with Crippen molar-refractivity contribution in [1.82, 2.24) is 15.5 Å². The number of nitrogens with one attached hydrogen (secondary N) is 3. The van der Waals surface area contributed by atoms with Crippen LogP contribution in [0.4, 0.5) is 5.69 Å². The zero-order valence-electron chi connectivity index (χ0n) is 19.6. The maximum Gasteiger partial charge on any atom is 0.270 e. The minimum absolute atomic E-state index is 0.109. The molecule has 3 aliphatic heterocycles. The molecule has 1 fully saturated rings. The highest BCUT2D eigenvalue weighted by Gasteiger charge is 2.26. The van der Waals surface area contributed by atoms with Gasteiger partial charge in [0, 0.05) is 60.8 Å². The molecule has 34 heavy (non-hydrogen) atoms. The zero-order chi connectivity index (χ0) is 23.5. The number of hydrogen-bond donors (Lipinski definition) is 3. The van der Waals surface area contributed by atoms with Gasteiger partial charge in [-0.1, -0.05) is 36.4 Å². The van der Waals surface area contributed by atoms with Crippen LogP contribution in [0.25, 0.3) is 12.3 Å². The smallest absolute Gasteiger partial charge is 0.270 e. The predicted molar refractivity (Wildman–Crippen MR) is 136 cm³/mol. The number of amides is 1. The van der Waals surface area contributed by atoms with Crippen molar-refractivity contribution in [2.24, 2.45) is 0 Å². The van der Waals surface area contributed by atoms with Gasteiger partial charge >= 0.3 is 0 Å². The number of fused-ring (bicyclic) bond motifs is 1. The minimum Gasteiger partial charge on any atom is -0.387 e. The first-order valence-corrected chi connectivity index (χ1v) is 12.2. The molecule has 3 heterocycles. The first-order chi connectivity index (χ1) is 16.6. The van der Waals surface area contributed by atoms with Gasteiger partial charge in [-0.2, -0.15) is 5.26 Å². The van der Waals surface area contributed by atoms with E-state index in [-0.39, 0.29) is 11.8 Å². The number of dihydropyridines is 1. The average Bonchev–Trinajstić information content (AvgIpc) is 2.89. The van der Waals surface area contributed by atoms with E-state index < -0.39 is 0 Å². The van der Waals surface area contributed by atoms with Gasteiger partial charge in [-0.05, 0) is 54.7 Å². The van der Waals surface area contributed by atoms with Gasteiger partial charge < -0.3 is 20.9 Å². The molecule has 5 rings (SSSR count). The highest BCUT2D eigenvalue weighted by Crippen LogP contribution is 2.28. The second kappa shape index (κ2) is 9.64. The van der Waals surface area contributed by atoms with Gasteiger partial charge in [0.25, 0.3) is 5.91 Å². The van der Waals surface area contributed by atoms with Crippen LogP contribution in [0.2, 0.25) is 0 Å². The van der Waals surface area contributed by atoms with Crippen LogP contribution in [-0.4, -0.2) is 43.0 Å². The lowest BCUT2D eigenvalue weighted by Gasteiger charge is -2.34. The van der Waals surface area contributed by atoms with Gasteiger partial charge in [0.15, 0.2) is 0 Å². The molecule has 4 aliphatic rings. The van der Waals surface area contributed by atoms with Gasteiger partial charge in [0.1, 0.15) is 5.70 Å². The van der Waals surface area contributed by atoms with E-state index in [9.17, 15) is 10.1 Å². The predicted octanol–water partition coefficient (Wildman–Crippen LogP) is 2.14. The summed E-state index contributed by atoms with van der Waals surface area (Å²) >= 11 is 0. The summed E-state index contributed by atoms with van der Waals surface area (Å²) in [6.45, 7) is 5.01. The highest BCUT2D eigenvalue weighted by atomic mass is 16.2. The number of allylic oxidation sites excluding steroid dienone is 6. The number of nitrogens with zero attached hydrogens (tertiary/aromatic N) is 2. The number of nitriles is 1. The molecule has 1 aromatic rings. The first kappa shape index (κ1) is 22.1. The fourth-order valence-corrected chi connectivity index (χ4v) is 5.15. The van der Waals surface area contributed by atoms with E-state index >= 15 is 0 Å². The lowest BCUT2D eigenvalue weighted by molar-refractivity contribution is -0.128. The third-order valence-corrected chi connectivity index (χ3v) is 7.06. The van der Waals surface area contributed by atoms with Crippen molar-refractivity contribution in [2.45, 2.75) is 38.1 Å². The topological polar surface area (TPSA) is 80.2 Å². The van der Waals surface area contributed by atoms with Gasteiger partial charge in [0.2, 0.25) is 0 Å². The average molecular weight is 454 g/mol. The van der Waals surface area contributed by atoms with Gasteiger partial charge in [-0.3, -0.25) is 4.79 Å². The third-order valence-electron chi connectivity index (χ3n) is 7.06. The lowest BCUT2D eigenvalue weighted by Crippen LogP contribution is -2.46. The molecule has 1 amide bonds. The Morgan fingerprint density at radius 3 is 2.82 bits per heavy atom. The Morgan fingerprint density at radius 2 is 2.03 bits per heavy atom. The molecule has 6 nitrogen and oxygen atoms in total. The van der Waals surface area contributed by atoms with Gasteiger partial charge in [0.05, 0.1) is 6.07 Å². The number of rotatable bonds is 4. The van der Waals surface area contributed by atoms with Crippen molar-refractivity contribution in [2.75, 3.05) is 31.5 Å². The van der Waals surface area contributed by atoms with Crippen LogP contribution < -0.4 is 26.4 Å². The van der Waals surface area contributed by atoms with Crippen LogP contribution >= 0.6 is 0 Å². The van der Waals surface area contributed by atoms with Crippen molar-refractivity contribution in [3.63, 3.8) is 0 Å². The molecule has 6 heteroatoms. The Balaban J connectivity index is 1.33. The summed E-state index contributed by atoms with van der Waals surface area (Å²) in [5.41, 5.74) is 4.82. The Bertz CT molecular complexity index is 1270. The van der Waals surface area contributed by atoms with E-state index in [0.717, 1.165) is 61.4 Å². The molecule has 174 valence electrons. The number of hydrogen-bond acceptors (Lipinski definition) is 5. The van der Waals surface area contributed by atoms with Crippen molar-refractivity contribution < 1.29 is 4.79 Å². The number of carbonyl (C=O) groups is 1. The van der Waals surface area contributed by atoms with Gasteiger partial charge in [-0.25, -0.2) is 0 Å². The molecule has 0 aromatic heterocycles. The van der Waals surface area contributed by atoms with E-state index in [1.807, 2.05) is 30.1 Å². The Labute approximate surface area is 200 Å². The van der Waals surface area contributed by atoms with Crippen molar-refractivity contribution in [3.8, 4) is 6.07 Å². The Kier molecular flexibility index (Phi) is 6.27. The highest BCUT2D eigenvalue weighted by molar-refractivity contribution is 5.94. The molecular formula is C28H31N5O. The van der Waals surface area contributed by atoms with Crippen LogP contribution in [0.1, 0.15) is 37.7 Å². The molecular weight excluding hydrogens is 422 g/mol. The van der Waals surface area contributed by atoms with Crippen molar-refractivity contribution in [1.29, 1.82) is 5.26 Å². The molecule has 0 radical (unpaired) electrons. The van der Waals surface area contributed by atoms with E-state index in [2.05, 4.69) is 58.6 Å². The summed E-state index contributed by atoms with van der Waals surface area (Å²) in [6, 6.07) is 7.09. The normalized spacial score (nSPS) is 21.8. The zero-order valence-corrected chi connectivity index (χ0v) is 19.6. The summed E-state index contributed by atoms with van der Waals surface area (Å²) in [4.78, 5) is 15.0. The van der Waals surface area contributed by atoms with Crippen LogP contribution in [0.5, 0.6) is 0 Å². The lowest BCUT2D eigenvalue weighted by atomic mass is 9.88. The van der Waals surface area contributed by atoms with E-state index in [0.29, 0.717) is 12.6 Å². The number of carbonyl (C=O) groups excluding carboxylic acids is 1. The second-order valence-corrected chi connectivity index (χ2v) is 9.36. The Hall–Kier alpha value is -3.72. The quantitative estimate of drug-likeness (QED) is 0.651. The number of likely N-dealkylation sites (tertiary alicyclic amines) is 1. The van der Waals surface area contributed by atoms with Crippen LogP contribution in [0.3, 0.4) is 0 Å². The molecule has 1 unspecified atom stereocenters. The van der Waals surface area contributed by atoms with E-state index in [4.69, 9.17) is 0 Å². The summed E-state index contributed by atoms with van der Waals surface area (Å²) in [7, 11) is 0. The molecule has 1 saturated heterocycles. The number of piperidine rings is 1. The molecule has 0 spiro atoms. The molecule has 1 aromatic carbocycles. The standard InChI is InChI=1S/C28H31N5O/c1-19-4-3-10-31-27(19)28(34)33-12-8-24(9-13-33)32-26-16-23(15-22-7-11-30-18-25(22)26)21-6-2-5-20(14-21)17-29/h2-5,7,14-16,18,21,24,30-32H,6,8-13H2,1H3. The van der Waals surface area contributed by atoms with Crippen molar-refractivity contribution in [3.05, 3.63) is 75.4 Å². The van der Waals surface area contributed by atoms with Crippen LogP contribution in [-0.2, 0) is 4.79 Å². The largest absolute Gasteiger partial charge is 0.387 e. The van der Waals surface area contributed by atoms with E-state index in [1.54, 1.807) is 0 Å². The number of benzene rings is 1. The minimum atomic E-state index is 0.109. The summed E-state index contributed by atoms with van der Waals surface area (Å²) in [6.07, 6.45) is 17.2. The molecule has 3 N–H and O–H groups in total. The van der Waals surface area contributed by atoms with Gasteiger partial charge in [-0.15, -0.1) is 0 Å². The Morgan fingerprint density at radius 1 is 1.18 bits per heavy atom. The van der Waals surface area contributed by atoms with Crippen molar-refractivity contribution >= 4 is 23.9 Å². The third kappa shape index (κ3) is 4.51. The maximum absolute atomic E-state index is 13.0. The fourth-order valence-electron chi connectivity index (χ4n) is 5.15.